The molecule has 0 radical (unpaired) electrons. The van der Waals surface area contributed by atoms with Gasteiger partial charge in [-0.1, -0.05) is 0 Å². The van der Waals surface area contributed by atoms with E-state index in [1.54, 1.807) is 0 Å². The van der Waals surface area contributed by atoms with Gasteiger partial charge in [0.2, 0.25) is 5.78 Å². The maximum atomic E-state index is 11.1. The number of hydrogen-bond acceptors (Lipinski definition) is 4. The van der Waals surface area contributed by atoms with E-state index in [2.05, 4.69) is 15.3 Å². The predicted molar refractivity (Wildman–Crippen MR) is 38.7 cm³/mol. The van der Waals surface area contributed by atoms with Gasteiger partial charge in [0.05, 0.1) is 6.54 Å². The lowest BCUT2D eigenvalue weighted by Crippen LogP contribution is -2.37. The van der Waals surface area contributed by atoms with Gasteiger partial charge in [-0.2, -0.15) is 0 Å². The summed E-state index contributed by atoms with van der Waals surface area (Å²) in [6.07, 6.45) is 2.78. The Hall–Kier alpha value is -1.78. The number of carbonyl (C=O) groups excluding carboxylic acids is 2. The number of Topliss-reactive ketones (excluding diaryl/α,β-unsaturated/α-hetero) is 1. The van der Waals surface area contributed by atoms with E-state index < -0.39 is 0 Å². The topological polar surface area (TPSA) is 72.0 Å². The quantitative estimate of drug-likeness (QED) is 0.554. The number of aromatic nitrogens is 2. The zero-order chi connectivity index (χ0) is 8.55. The molecule has 0 atom stereocenters. The molecular formula is C7H5N3O2. The molecule has 2 heterocycles. The summed E-state index contributed by atoms with van der Waals surface area (Å²) < 4.78 is 0. The summed E-state index contributed by atoms with van der Waals surface area (Å²) in [5.74, 6) is -0.532. The Morgan fingerprint density at radius 2 is 1.83 bits per heavy atom. The van der Waals surface area contributed by atoms with Crippen molar-refractivity contribution in [1.82, 2.24) is 15.3 Å². The van der Waals surface area contributed by atoms with Crippen molar-refractivity contribution >= 4 is 11.7 Å². The van der Waals surface area contributed by atoms with Crippen molar-refractivity contribution in [3.05, 3.63) is 23.8 Å². The number of rotatable bonds is 0. The summed E-state index contributed by atoms with van der Waals surface area (Å²) in [5, 5.41) is 2.40. The SMILES string of the molecule is O=C1CNC(=O)c2nccnc21. The molecule has 0 saturated carbocycles. The number of carbonyl (C=O) groups is 2. The fraction of sp³-hybridized carbons (Fsp3) is 0.143. The van der Waals surface area contributed by atoms with Crippen molar-refractivity contribution < 1.29 is 9.59 Å². The van der Waals surface area contributed by atoms with Crippen LogP contribution in [0, 0.1) is 0 Å². The lowest BCUT2D eigenvalue weighted by Gasteiger charge is -2.11. The van der Waals surface area contributed by atoms with Gasteiger partial charge in [0.1, 0.15) is 5.69 Å². The van der Waals surface area contributed by atoms with Crippen LogP contribution in [0.15, 0.2) is 12.4 Å². The number of fused-ring (bicyclic) bond motifs is 1. The Kier molecular flexibility index (Phi) is 1.36. The van der Waals surface area contributed by atoms with Gasteiger partial charge >= 0.3 is 0 Å². The van der Waals surface area contributed by atoms with Crippen molar-refractivity contribution in [2.45, 2.75) is 0 Å². The van der Waals surface area contributed by atoms with Crippen LogP contribution in [0.25, 0.3) is 0 Å². The zero-order valence-electron chi connectivity index (χ0n) is 6.07. The fourth-order valence-corrected chi connectivity index (χ4v) is 1.04. The maximum Gasteiger partial charge on any atom is 0.272 e. The summed E-state index contributed by atoms with van der Waals surface area (Å²) >= 11 is 0. The Balaban J connectivity index is 2.62. The highest BCUT2D eigenvalue weighted by atomic mass is 16.2. The molecule has 1 N–H and O–H groups in total. The molecule has 5 heteroatoms. The molecule has 1 aliphatic heterocycles. The minimum absolute atomic E-state index is 0.0184. The number of ketones is 1. The van der Waals surface area contributed by atoms with E-state index in [1.165, 1.54) is 12.4 Å². The zero-order valence-corrected chi connectivity index (χ0v) is 6.07. The van der Waals surface area contributed by atoms with E-state index in [0.717, 1.165) is 0 Å². The summed E-state index contributed by atoms with van der Waals surface area (Å²) in [5.41, 5.74) is 0.287. The van der Waals surface area contributed by atoms with E-state index in [4.69, 9.17) is 0 Å². The van der Waals surface area contributed by atoms with E-state index in [0.29, 0.717) is 0 Å². The lowest BCUT2D eigenvalue weighted by molar-refractivity contribution is 0.0868. The third kappa shape index (κ3) is 0.868. The monoisotopic (exact) mass is 163 g/mol. The first-order valence-electron chi connectivity index (χ1n) is 3.41. The van der Waals surface area contributed by atoms with Crippen LogP contribution >= 0.6 is 0 Å². The molecule has 0 aliphatic carbocycles. The second-order valence-electron chi connectivity index (χ2n) is 2.36. The molecular weight excluding hydrogens is 158 g/mol. The molecule has 0 unspecified atom stereocenters. The number of nitrogens with one attached hydrogen (secondary N) is 1. The van der Waals surface area contributed by atoms with Crippen LogP contribution < -0.4 is 5.32 Å². The molecule has 0 saturated heterocycles. The van der Waals surface area contributed by atoms with Gasteiger partial charge in [0, 0.05) is 12.4 Å². The maximum absolute atomic E-state index is 11.1. The Bertz CT molecular complexity index is 326. The van der Waals surface area contributed by atoms with E-state index in [9.17, 15) is 9.59 Å². The Morgan fingerprint density at radius 3 is 2.50 bits per heavy atom. The van der Waals surface area contributed by atoms with Crippen molar-refractivity contribution in [1.29, 1.82) is 0 Å². The molecule has 0 fully saturated rings. The molecule has 0 spiro atoms. The van der Waals surface area contributed by atoms with Gasteiger partial charge in [-0.3, -0.25) is 9.59 Å². The standard InChI is InChI=1S/C7H5N3O2/c11-4-3-10-7(12)6-5(4)8-1-2-9-6/h1-2H,3H2,(H,10,12). The largest absolute Gasteiger partial charge is 0.343 e. The first-order valence-corrected chi connectivity index (χ1v) is 3.41. The van der Waals surface area contributed by atoms with Gasteiger partial charge in [-0.25, -0.2) is 9.97 Å². The van der Waals surface area contributed by atoms with E-state index in [1.807, 2.05) is 0 Å². The third-order valence-corrected chi connectivity index (χ3v) is 1.59. The van der Waals surface area contributed by atoms with Crippen LogP contribution in [0.1, 0.15) is 21.0 Å². The summed E-state index contributed by atoms with van der Waals surface area (Å²) in [4.78, 5) is 29.7. The number of hydrogen-bond donors (Lipinski definition) is 1. The second-order valence-corrected chi connectivity index (χ2v) is 2.36. The number of amides is 1. The molecule has 1 aliphatic rings. The smallest absolute Gasteiger partial charge is 0.272 e. The molecule has 0 bridgehead atoms. The highest BCUT2D eigenvalue weighted by Gasteiger charge is 2.24. The van der Waals surface area contributed by atoms with Crippen LogP contribution in [-0.4, -0.2) is 28.2 Å². The lowest BCUT2D eigenvalue weighted by atomic mass is 10.1. The first-order chi connectivity index (χ1) is 5.79. The highest BCUT2D eigenvalue weighted by molar-refractivity contribution is 6.11. The van der Waals surface area contributed by atoms with Crippen molar-refractivity contribution in [3.63, 3.8) is 0 Å². The molecule has 60 valence electrons. The average Bonchev–Trinajstić information content (AvgIpc) is 2.12. The van der Waals surface area contributed by atoms with Crippen LogP contribution in [0.3, 0.4) is 0 Å². The predicted octanol–water partition coefficient (Wildman–Crippen LogP) is -0.597. The highest BCUT2D eigenvalue weighted by Crippen LogP contribution is 2.06. The van der Waals surface area contributed by atoms with E-state index >= 15 is 0 Å². The van der Waals surface area contributed by atoms with Gasteiger partial charge in [0.25, 0.3) is 5.91 Å². The average molecular weight is 163 g/mol. The van der Waals surface area contributed by atoms with Crippen LogP contribution in [-0.2, 0) is 0 Å². The van der Waals surface area contributed by atoms with Gasteiger partial charge in [-0.15, -0.1) is 0 Å². The first kappa shape index (κ1) is 6.90. The molecule has 1 amide bonds. The Labute approximate surface area is 67.8 Å². The third-order valence-electron chi connectivity index (χ3n) is 1.59. The minimum atomic E-state index is -0.335. The normalized spacial score (nSPS) is 15.3. The van der Waals surface area contributed by atoms with Crippen LogP contribution in [0.4, 0.5) is 0 Å². The van der Waals surface area contributed by atoms with Gasteiger partial charge < -0.3 is 5.32 Å². The van der Waals surface area contributed by atoms with Crippen LogP contribution in [0.2, 0.25) is 0 Å². The van der Waals surface area contributed by atoms with Gasteiger partial charge in [0.15, 0.2) is 5.69 Å². The van der Waals surface area contributed by atoms with Crippen LogP contribution in [0.5, 0.6) is 0 Å². The van der Waals surface area contributed by atoms with Crippen molar-refractivity contribution in [2.24, 2.45) is 0 Å². The number of nitrogens with zero attached hydrogens (tertiary/aromatic N) is 2. The van der Waals surface area contributed by atoms with Crippen molar-refractivity contribution in [2.75, 3.05) is 6.54 Å². The van der Waals surface area contributed by atoms with Gasteiger partial charge in [-0.05, 0) is 0 Å². The molecule has 5 nitrogen and oxygen atoms in total. The molecule has 1 aromatic heterocycles. The molecule has 2 rings (SSSR count). The second kappa shape index (κ2) is 2.37. The molecule has 12 heavy (non-hydrogen) atoms. The fourth-order valence-electron chi connectivity index (χ4n) is 1.04. The van der Waals surface area contributed by atoms with Crippen molar-refractivity contribution in [3.8, 4) is 0 Å². The Morgan fingerprint density at radius 1 is 1.17 bits per heavy atom. The summed E-state index contributed by atoms with van der Waals surface area (Å²) in [6.45, 7) is 0.0184. The molecule has 0 aromatic carbocycles. The summed E-state index contributed by atoms with van der Waals surface area (Å²) in [6, 6.07) is 0. The molecule has 1 aromatic rings. The summed E-state index contributed by atoms with van der Waals surface area (Å²) in [7, 11) is 0. The van der Waals surface area contributed by atoms with E-state index in [-0.39, 0.29) is 29.6 Å². The minimum Gasteiger partial charge on any atom is -0.343 e.